The Bertz CT molecular complexity index is 218. The number of aliphatic hydroxyl groups excluding tert-OH is 3. The number of hydrogen-bond donors (Lipinski definition) is 3. The maximum atomic E-state index is 9.16. The second-order valence-electron chi connectivity index (χ2n) is 2.82. The highest BCUT2D eigenvalue weighted by atomic mass is 16.6. The molecule has 0 aliphatic carbocycles. The van der Waals surface area contributed by atoms with E-state index in [1.54, 1.807) is 0 Å². The summed E-state index contributed by atoms with van der Waals surface area (Å²) in [7, 11) is 0. The first-order valence-electron chi connectivity index (χ1n) is 3.85. The summed E-state index contributed by atoms with van der Waals surface area (Å²) < 4.78 is 4.86. The zero-order valence-corrected chi connectivity index (χ0v) is 6.82. The molecule has 0 amide bonds. The van der Waals surface area contributed by atoms with Gasteiger partial charge in [-0.05, 0) is 12.0 Å². The van der Waals surface area contributed by atoms with Crippen molar-refractivity contribution in [3.8, 4) is 0 Å². The van der Waals surface area contributed by atoms with Gasteiger partial charge < -0.3 is 20.1 Å². The summed E-state index contributed by atoms with van der Waals surface area (Å²) in [6, 6.07) is -0.684. The van der Waals surface area contributed by atoms with E-state index in [9.17, 15) is 0 Å². The molecule has 74 valence electrons. The molecule has 0 radical (unpaired) electrons. The zero-order valence-electron chi connectivity index (χ0n) is 6.82. The summed E-state index contributed by atoms with van der Waals surface area (Å²) in [6.07, 6.45) is -2.70. The average molecular weight is 189 g/mol. The molecule has 13 heavy (non-hydrogen) atoms. The molecule has 4 atom stereocenters. The van der Waals surface area contributed by atoms with Crippen LogP contribution in [0.4, 0.5) is 0 Å². The average Bonchev–Trinajstić information content (AvgIpc) is 2.47. The quantitative estimate of drug-likeness (QED) is 0.303. The zero-order chi connectivity index (χ0) is 9.84. The third kappa shape index (κ3) is 2.30. The van der Waals surface area contributed by atoms with Crippen molar-refractivity contribution in [3.05, 3.63) is 10.4 Å². The third-order valence-electron chi connectivity index (χ3n) is 1.93. The molecule has 0 aromatic rings. The number of rotatable bonds is 3. The summed E-state index contributed by atoms with van der Waals surface area (Å²) in [5, 5.41) is 30.2. The Kier molecular flexibility index (Phi) is 3.47. The van der Waals surface area contributed by atoms with E-state index in [1.165, 1.54) is 0 Å². The molecular formula is C6H11N3O4. The van der Waals surface area contributed by atoms with Crippen molar-refractivity contribution in [2.24, 2.45) is 5.11 Å². The van der Waals surface area contributed by atoms with Crippen molar-refractivity contribution in [1.29, 1.82) is 0 Å². The Balaban J connectivity index is 2.54. The molecule has 1 fully saturated rings. The predicted molar refractivity (Wildman–Crippen MR) is 41.5 cm³/mol. The Hall–Kier alpha value is -0.850. The first-order valence-corrected chi connectivity index (χ1v) is 3.85. The van der Waals surface area contributed by atoms with Crippen molar-refractivity contribution >= 4 is 0 Å². The second kappa shape index (κ2) is 4.40. The van der Waals surface area contributed by atoms with Gasteiger partial charge in [0, 0.05) is 4.91 Å². The summed E-state index contributed by atoms with van der Waals surface area (Å²) in [6.45, 7) is -0.444. The highest BCUT2D eigenvalue weighted by Crippen LogP contribution is 2.23. The third-order valence-corrected chi connectivity index (χ3v) is 1.93. The number of azide groups is 1. The maximum Gasteiger partial charge on any atom is 0.163 e. The highest BCUT2D eigenvalue weighted by Gasteiger charge is 2.36. The molecule has 7 heteroatoms. The molecule has 0 spiro atoms. The Morgan fingerprint density at radius 2 is 2.38 bits per heavy atom. The lowest BCUT2D eigenvalue weighted by molar-refractivity contribution is -0.130. The van der Waals surface area contributed by atoms with Crippen molar-refractivity contribution in [1.82, 2.24) is 0 Å². The minimum atomic E-state index is -1.19. The van der Waals surface area contributed by atoms with Gasteiger partial charge >= 0.3 is 0 Å². The van der Waals surface area contributed by atoms with Crippen LogP contribution >= 0.6 is 0 Å². The molecule has 7 nitrogen and oxygen atoms in total. The van der Waals surface area contributed by atoms with Gasteiger partial charge in [-0.25, -0.2) is 0 Å². The van der Waals surface area contributed by atoms with Crippen molar-refractivity contribution in [2.75, 3.05) is 6.61 Å². The van der Waals surface area contributed by atoms with E-state index in [4.69, 9.17) is 25.6 Å². The predicted octanol–water partition coefficient (Wildman–Crippen LogP) is -0.874. The molecule has 4 unspecified atom stereocenters. The van der Waals surface area contributed by atoms with Crippen LogP contribution in [0.25, 0.3) is 10.4 Å². The molecule has 1 aliphatic heterocycles. The van der Waals surface area contributed by atoms with Crippen molar-refractivity contribution in [3.63, 3.8) is 0 Å². The molecule has 1 aliphatic rings. The summed E-state index contributed by atoms with van der Waals surface area (Å²) >= 11 is 0. The Morgan fingerprint density at radius 3 is 2.92 bits per heavy atom. The van der Waals surface area contributed by atoms with Gasteiger partial charge in [0.1, 0.15) is 6.10 Å². The van der Waals surface area contributed by atoms with Crippen LogP contribution in [-0.2, 0) is 4.74 Å². The number of aliphatic hydroxyl groups is 3. The number of hydrogen-bond acceptors (Lipinski definition) is 5. The minimum absolute atomic E-state index is 0.215. The van der Waals surface area contributed by atoms with Gasteiger partial charge in [-0.3, -0.25) is 0 Å². The molecule has 0 saturated carbocycles. The van der Waals surface area contributed by atoms with Gasteiger partial charge in [-0.15, -0.1) is 0 Å². The van der Waals surface area contributed by atoms with Crippen LogP contribution < -0.4 is 0 Å². The number of ether oxygens (including phenoxy) is 1. The van der Waals surface area contributed by atoms with E-state index in [2.05, 4.69) is 10.0 Å². The van der Waals surface area contributed by atoms with E-state index < -0.39 is 31.1 Å². The van der Waals surface area contributed by atoms with E-state index in [0.717, 1.165) is 0 Å². The van der Waals surface area contributed by atoms with Crippen molar-refractivity contribution < 1.29 is 20.1 Å². The summed E-state index contributed by atoms with van der Waals surface area (Å²) in [4.78, 5) is 2.53. The standard InChI is InChI=1S/C6H11N3O4/c7-9-8-3-1-5(4(11)2-10)13-6(3)12/h3-6,10-12H,1-2H2. The molecule has 1 heterocycles. The van der Waals surface area contributed by atoms with E-state index >= 15 is 0 Å². The highest BCUT2D eigenvalue weighted by molar-refractivity contribution is 4.85. The normalized spacial score (nSPS) is 35.5. The lowest BCUT2D eigenvalue weighted by Gasteiger charge is -2.14. The Labute approximate surface area is 74.2 Å². The first-order chi connectivity index (χ1) is 6.19. The maximum absolute atomic E-state index is 9.16. The molecule has 1 rings (SSSR count). The molecule has 3 N–H and O–H groups in total. The van der Waals surface area contributed by atoms with Crippen LogP contribution in [-0.4, -0.2) is 46.5 Å². The van der Waals surface area contributed by atoms with Gasteiger partial charge in [-0.1, -0.05) is 5.11 Å². The van der Waals surface area contributed by atoms with Gasteiger partial charge in [0.15, 0.2) is 6.29 Å². The van der Waals surface area contributed by atoms with Crippen molar-refractivity contribution in [2.45, 2.75) is 31.0 Å². The van der Waals surface area contributed by atoms with Crippen LogP contribution in [0.15, 0.2) is 5.11 Å². The van der Waals surface area contributed by atoms with Gasteiger partial charge in [0.2, 0.25) is 0 Å². The smallest absolute Gasteiger partial charge is 0.163 e. The Morgan fingerprint density at radius 1 is 1.69 bits per heavy atom. The van der Waals surface area contributed by atoms with E-state index in [1.807, 2.05) is 0 Å². The monoisotopic (exact) mass is 189 g/mol. The molecule has 0 aromatic heterocycles. The fourth-order valence-corrected chi connectivity index (χ4v) is 1.22. The van der Waals surface area contributed by atoms with Crippen LogP contribution in [0.1, 0.15) is 6.42 Å². The fourth-order valence-electron chi connectivity index (χ4n) is 1.22. The largest absolute Gasteiger partial charge is 0.394 e. The van der Waals surface area contributed by atoms with Gasteiger partial charge in [0.05, 0.1) is 18.8 Å². The SMILES string of the molecule is [N-]=[N+]=NC1CC(C(O)CO)OC1O. The van der Waals surface area contributed by atoms with E-state index in [0.29, 0.717) is 0 Å². The summed E-state index contributed by atoms with van der Waals surface area (Å²) in [5.74, 6) is 0. The van der Waals surface area contributed by atoms with Gasteiger partial charge in [-0.2, -0.15) is 0 Å². The van der Waals surface area contributed by atoms with Crippen LogP contribution in [0.5, 0.6) is 0 Å². The van der Waals surface area contributed by atoms with Gasteiger partial charge in [0.25, 0.3) is 0 Å². The number of nitrogens with zero attached hydrogens (tertiary/aromatic N) is 3. The molecule has 0 bridgehead atoms. The fraction of sp³-hybridized carbons (Fsp3) is 1.00. The van der Waals surface area contributed by atoms with Crippen LogP contribution in [0.2, 0.25) is 0 Å². The lowest BCUT2D eigenvalue weighted by Crippen LogP contribution is -2.29. The second-order valence-corrected chi connectivity index (χ2v) is 2.82. The molecular weight excluding hydrogens is 178 g/mol. The minimum Gasteiger partial charge on any atom is -0.394 e. The summed E-state index contributed by atoms with van der Waals surface area (Å²) in [5.41, 5.74) is 8.11. The topological polar surface area (TPSA) is 119 Å². The van der Waals surface area contributed by atoms with Crippen LogP contribution in [0.3, 0.4) is 0 Å². The van der Waals surface area contributed by atoms with Crippen LogP contribution in [0, 0.1) is 0 Å². The molecule has 0 aromatic carbocycles. The lowest BCUT2D eigenvalue weighted by atomic mass is 10.1. The molecule has 1 saturated heterocycles. The van der Waals surface area contributed by atoms with E-state index in [-0.39, 0.29) is 6.42 Å². The first kappa shape index (κ1) is 10.2.